The third-order valence-corrected chi connectivity index (χ3v) is 2.57. The summed E-state index contributed by atoms with van der Waals surface area (Å²) in [4.78, 5) is 23.0. The van der Waals surface area contributed by atoms with Crippen LogP contribution in [0.15, 0.2) is 41.0 Å². The Morgan fingerprint density at radius 2 is 2.15 bits per heavy atom. The van der Waals surface area contributed by atoms with E-state index in [1.807, 2.05) is 0 Å². The van der Waals surface area contributed by atoms with Crippen molar-refractivity contribution in [2.75, 3.05) is 11.9 Å². The van der Waals surface area contributed by atoms with Crippen LogP contribution >= 0.6 is 11.6 Å². The molecule has 7 heteroatoms. The molecule has 1 N–H and O–H groups in total. The number of amides is 1. The molecule has 0 radical (unpaired) electrons. The van der Waals surface area contributed by atoms with Crippen LogP contribution in [0.5, 0.6) is 0 Å². The van der Waals surface area contributed by atoms with E-state index >= 15 is 0 Å². The first-order valence-corrected chi connectivity index (χ1v) is 5.89. The molecule has 5 nitrogen and oxygen atoms in total. The number of benzene rings is 1. The van der Waals surface area contributed by atoms with Crippen molar-refractivity contribution in [2.24, 2.45) is 0 Å². The summed E-state index contributed by atoms with van der Waals surface area (Å²) in [6.07, 6.45) is 1.31. The molecule has 0 aliphatic heterocycles. The largest absolute Gasteiger partial charge is 0.457 e. The lowest BCUT2D eigenvalue weighted by atomic mass is 10.3. The highest BCUT2D eigenvalue weighted by Crippen LogP contribution is 2.22. The molecule has 0 aliphatic rings. The first-order chi connectivity index (χ1) is 9.56. The van der Waals surface area contributed by atoms with E-state index in [-0.39, 0.29) is 16.5 Å². The zero-order valence-electron chi connectivity index (χ0n) is 10.1. The van der Waals surface area contributed by atoms with Crippen molar-refractivity contribution in [3.63, 3.8) is 0 Å². The number of esters is 1. The summed E-state index contributed by atoms with van der Waals surface area (Å²) < 4.78 is 22.4. The molecule has 0 saturated carbocycles. The van der Waals surface area contributed by atoms with Gasteiger partial charge in [0.05, 0.1) is 17.0 Å². The number of anilines is 1. The Balaban J connectivity index is 1.88. The van der Waals surface area contributed by atoms with Crippen LogP contribution in [0.1, 0.15) is 10.6 Å². The van der Waals surface area contributed by atoms with E-state index in [1.54, 1.807) is 0 Å². The summed E-state index contributed by atoms with van der Waals surface area (Å²) in [5.41, 5.74) is 0.229. The average Bonchev–Trinajstić information content (AvgIpc) is 2.93. The van der Waals surface area contributed by atoms with E-state index in [0.29, 0.717) is 0 Å². The van der Waals surface area contributed by atoms with E-state index in [4.69, 9.17) is 20.8 Å². The molecule has 20 heavy (non-hydrogen) atoms. The quantitative estimate of drug-likeness (QED) is 0.881. The van der Waals surface area contributed by atoms with Gasteiger partial charge in [-0.2, -0.15) is 0 Å². The van der Waals surface area contributed by atoms with Crippen molar-refractivity contribution < 1.29 is 23.1 Å². The predicted molar refractivity (Wildman–Crippen MR) is 69.0 cm³/mol. The molecule has 0 fully saturated rings. The molecule has 0 unspecified atom stereocenters. The summed E-state index contributed by atoms with van der Waals surface area (Å²) in [6, 6.07) is 6.46. The lowest BCUT2D eigenvalue weighted by Crippen LogP contribution is -2.20. The summed E-state index contributed by atoms with van der Waals surface area (Å²) in [7, 11) is 0. The van der Waals surface area contributed by atoms with Crippen molar-refractivity contribution >= 4 is 29.2 Å². The van der Waals surface area contributed by atoms with E-state index < -0.39 is 24.3 Å². The Morgan fingerprint density at radius 1 is 1.35 bits per heavy atom. The molecule has 0 aliphatic carbocycles. The number of carbonyl (C=O) groups is 2. The smallest absolute Gasteiger partial charge is 0.374 e. The van der Waals surface area contributed by atoms with Crippen molar-refractivity contribution in [3.8, 4) is 0 Å². The molecule has 0 saturated heterocycles. The second kappa shape index (κ2) is 6.21. The highest BCUT2D eigenvalue weighted by molar-refractivity contribution is 6.33. The van der Waals surface area contributed by atoms with E-state index in [1.165, 1.54) is 24.5 Å². The molecule has 0 bridgehead atoms. The molecular formula is C13H9ClFNO4. The van der Waals surface area contributed by atoms with Crippen LogP contribution in [0.4, 0.5) is 10.1 Å². The third-order valence-electron chi connectivity index (χ3n) is 2.26. The van der Waals surface area contributed by atoms with Gasteiger partial charge in [0.25, 0.3) is 5.91 Å². The number of carbonyl (C=O) groups excluding carboxylic acids is 2. The van der Waals surface area contributed by atoms with Crippen molar-refractivity contribution in [1.82, 2.24) is 0 Å². The van der Waals surface area contributed by atoms with Gasteiger partial charge in [0.15, 0.2) is 6.61 Å². The first kappa shape index (κ1) is 14.1. The van der Waals surface area contributed by atoms with Gasteiger partial charge >= 0.3 is 5.97 Å². The molecular weight excluding hydrogens is 289 g/mol. The standard InChI is InChI=1S/C13H9ClFNO4/c14-9-6-8(15)3-4-10(9)16-12(17)7-20-13(18)11-2-1-5-19-11/h1-6H,7H2,(H,16,17). The number of hydrogen-bond acceptors (Lipinski definition) is 4. The summed E-state index contributed by atoms with van der Waals surface area (Å²) in [5.74, 6) is -1.87. The maximum atomic E-state index is 12.8. The van der Waals surface area contributed by atoms with E-state index in [0.717, 1.165) is 12.1 Å². The lowest BCUT2D eigenvalue weighted by molar-refractivity contribution is -0.119. The van der Waals surface area contributed by atoms with Crippen LogP contribution < -0.4 is 5.32 Å². The van der Waals surface area contributed by atoms with Crippen molar-refractivity contribution in [2.45, 2.75) is 0 Å². The summed E-state index contributed by atoms with van der Waals surface area (Å²) >= 11 is 5.74. The fourth-order valence-electron chi connectivity index (χ4n) is 1.37. The molecule has 1 aromatic carbocycles. The molecule has 104 valence electrons. The molecule has 0 spiro atoms. The lowest BCUT2D eigenvalue weighted by Gasteiger charge is -2.07. The Kier molecular flexibility index (Phi) is 4.37. The Morgan fingerprint density at radius 3 is 2.80 bits per heavy atom. The topological polar surface area (TPSA) is 68.5 Å². The monoisotopic (exact) mass is 297 g/mol. The Hall–Kier alpha value is -2.34. The maximum absolute atomic E-state index is 12.8. The van der Waals surface area contributed by atoms with Gasteiger partial charge in [-0.05, 0) is 30.3 Å². The fourth-order valence-corrected chi connectivity index (χ4v) is 1.59. The van der Waals surface area contributed by atoms with Crippen LogP contribution in [0.3, 0.4) is 0 Å². The van der Waals surface area contributed by atoms with Crippen LogP contribution in [0.2, 0.25) is 5.02 Å². The van der Waals surface area contributed by atoms with Gasteiger partial charge in [0.1, 0.15) is 5.82 Å². The van der Waals surface area contributed by atoms with Gasteiger partial charge in [0.2, 0.25) is 5.76 Å². The zero-order chi connectivity index (χ0) is 14.5. The molecule has 1 heterocycles. The van der Waals surface area contributed by atoms with E-state index in [9.17, 15) is 14.0 Å². The highest BCUT2D eigenvalue weighted by atomic mass is 35.5. The molecule has 2 aromatic rings. The third kappa shape index (κ3) is 3.58. The van der Waals surface area contributed by atoms with Gasteiger partial charge < -0.3 is 14.5 Å². The van der Waals surface area contributed by atoms with Gasteiger partial charge in [-0.15, -0.1) is 0 Å². The second-order valence-corrected chi connectivity index (χ2v) is 4.13. The van der Waals surface area contributed by atoms with Crippen LogP contribution in [-0.2, 0) is 9.53 Å². The predicted octanol–water partition coefficient (Wildman–Crippen LogP) is 2.87. The Bertz CT molecular complexity index is 627. The van der Waals surface area contributed by atoms with Gasteiger partial charge in [-0.25, -0.2) is 9.18 Å². The first-order valence-electron chi connectivity index (χ1n) is 5.52. The highest BCUT2D eigenvalue weighted by Gasteiger charge is 2.13. The molecule has 0 atom stereocenters. The summed E-state index contributed by atoms with van der Waals surface area (Å²) in [6.45, 7) is -0.507. The minimum absolute atomic E-state index is 0.00221. The maximum Gasteiger partial charge on any atom is 0.374 e. The van der Waals surface area contributed by atoms with Crippen LogP contribution in [0, 0.1) is 5.82 Å². The summed E-state index contributed by atoms with van der Waals surface area (Å²) in [5, 5.41) is 2.44. The number of rotatable bonds is 4. The van der Waals surface area contributed by atoms with Gasteiger partial charge in [-0.3, -0.25) is 4.79 Å². The second-order valence-electron chi connectivity index (χ2n) is 3.73. The van der Waals surface area contributed by atoms with Crippen LogP contribution in [0.25, 0.3) is 0 Å². The van der Waals surface area contributed by atoms with Gasteiger partial charge in [0, 0.05) is 0 Å². The molecule has 1 aromatic heterocycles. The number of furan rings is 1. The minimum atomic E-state index is -0.754. The van der Waals surface area contributed by atoms with Crippen molar-refractivity contribution in [1.29, 1.82) is 0 Å². The number of ether oxygens (including phenoxy) is 1. The minimum Gasteiger partial charge on any atom is -0.457 e. The number of halogens is 2. The number of hydrogen-bond donors (Lipinski definition) is 1. The fraction of sp³-hybridized carbons (Fsp3) is 0.0769. The molecule has 2 rings (SSSR count). The normalized spacial score (nSPS) is 10.1. The zero-order valence-corrected chi connectivity index (χ0v) is 10.8. The van der Waals surface area contributed by atoms with Crippen molar-refractivity contribution in [3.05, 3.63) is 53.2 Å². The Labute approximate surface area is 118 Å². The average molecular weight is 298 g/mol. The van der Waals surface area contributed by atoms with E-state index in [2.05, 4.69) is 5.32 Å². The van der Waals surface area contributed by atoms with Gasteiger partial charge in [-0.1, -0.05) is 11.6 Å². The molecule has 1 amide bonds. The van der Waals surface area contributed by atoms with Crippen LogP contribution in [-0.4, -0.2) is 18.5 Å². The number of nitrogens with one attached hydrogen (secondary N) is 1. The SMILES string of the molecule is O=C(COC(=O)c1ccco1)Nc1ccc(F)cc1Cl.